The van der Waals surface area contributed by atoms with Gasteiger partial charge in [-0.15, -0.1) is 0 Å². The highest BCUT2D eigenvalue weighted by atomic mass is 16.5. The normalized spacial score (nSPS) is 25.5. The second-order valence-corrected chi connectivity index (χ2v) is 4.02. The van der Waals surface area contributed by atoms with Crippen molar-refractivity contribution < 1.29 is 4.74 Å². The van der Waals surface area contributed by atoms with Gasteiger partial charge in [0.05, 0.1) is 6.10 Å². The van der Waals surface area contributed by atoms with Gasteiger partial charge >= 0.3 is 0 Å². The van der Waals surface area contributed by atoms with Crippen LogP contribution >= 0.6 is 0 Å². The lowest BCUT2D eigenvalue weighted by atomic mass is 9.99. The van der Waals surface area contributed by atoms with Crippen LogP contribution in [0.4, 0.5) is 0 Å². The van der Waals surface area contributed by atoms with Gasteiger partial charge in [-0.3, -0.25) is 0 Å². The van der Waals surface area contributed by atoms with Crippen LogP contribution in [0.3, 0.4) is 0 Å². The highest BCUT2D eigenvalue weighted by molar-refractivity contribution is 4.99. The van der Waals surface area contributed by atoms with Crippen LogP contribution < -0.4 is 5.73 Å². The Kier molecular flexibility index (Phi) is 4.46. The van der Waals surface area contributed by atoms with E-state index in [1.807, 2.05) is 6.92 Å². The Morgan fingerprint density at radius 3 is 2.92 bits per heavy atom. The summed E-state index contributed by atoms with van der Waals surface area (Å²) in [5, 5.41) is 0. The first-order chi connectivity index (χ1) is 6.20. The Bertz CT molecular complexity index is 161. The molecule has 0 amide bonds. The van der Waals surface area contributed by atoms with E-state index in [4.69, 9.17) is 10.5 Å². The van der Waals surface area contributed by atoms with E-state index in [9.17, 15) is 0 Å². The Labute approximate surface area is 81.1 Å². The van der Waals surface area contributed by atoms with Gasteiger partial charge in [0.2, 0.25) is 0 Å². The molecule has 0 aliphatic carbocycles. The smallest absolute Gasteiger partial charge is 0.0575 e. The zero-order valence-corrected chi connectivity index (χ0v) is 8.59. The summed E-state index contributed by atoms with van der Waals surface area (Å²) in [5.41, 5.74) is 6.96. The highest BCUT2D eigenvalue weighted by Gasteiger charge is 2.14. The minimum atomic E-state index is 0.158. The largest absolute Gasteiger partial charge is 0.378 e. The summed E-state index contributed by atoms with van der Waals surface area (Å²) in [5.74, 6) is 0. The van der Waals surface area contributed by atoms with Crippen LogP contribution in [0.5, 0.6) is 0 Å². The molecule has 1 aliphatic rings. The Balaban J connectivity index is 2.13. The van der Waals surface area contributed by atoms with Gasteiger partial charge in [0.15, 0.2) is 0 Å². The van der Waals surface area contributed by atoms with E-state index in [2.05, 4.69) is 6.58 Å². The molecule has 0 bridgehead atoms. The summed E-state index contributed by atoms with van der Waals surface area (Å²) in [7, 11) is 0. The van der Waals surface area contributed by atoms with Gasteiger partial charge in [-0.2, -0.15) is 0 Å². The van der Waals surface area contributed by atoms with Gasteiger partial charge in [-0.05, 0) is 39.0 Å². The van der Waals surface area contributed by atoms with Crippen LogP contribution in [0.25, 0.3) is 0 Å². The number of ether oxygens (including phenoxy) is 1. The zero-order chi connectivity index (χ0) is 9.68. The van der Waals surface area contributed by atoms with Crippen LogP contribution in [0.2, 0.25) is 0 Å². The molecule has 0 aromatic heterocycles. The Hall–Kier alpha value is -0.340. The Morgan fingerprint density at radius 2 is 2.38 bits per heavy atom. The first-order valence-corrected chi connectivity index (χ1v) is 5.22. The van der Waals surface area contributed by atoms with Crippen molar-refractivity contribution in [1.29, 1.82) is 0 Å². The van der Waals surface area contributed by atoms with E-state index >= 15 is 0 Å². The topological polar surface area (TPSA) is 35.2 Å². The first kappa shape index (κ1) is 10.7. The molecular formula is C11H21NO. The molecule has 1 aliphatic heterocycles. The predicted molar refractivity (Wildman–Crippen MR) is 55.6 cm³/mol. The van der Waals surface area contributed by atoms with Gasteiger partial charge < -0.3 is 10.5 Å². The Morgan fingerprint density at radius 1 is 1.62 bits per heavy atom. The summed E-state index contributed by atoms with van der Waals surface area (Å²) >= 11 is 0. The van der Waals surface area contributed by atoms with Gasteiger partial charge in [0.1, 0.15) is 0 Å². The van der Waals surface area contributed by atoms with Crippen molar-refractivity contribution in [1.82, 2.24) is 0 Å². The number of rotatable bonds is 4. The lowest BCUT2D eigenvalue weighted by molar-refractivity contribution is 0.00960. The summed E-state index contributed by atoms with van der Waals surface area (Å²) in [6, 6.07) is 0.158. The minimum Gasteiger partial charge on any atom is -0.378 e. The molecule has 76 valence electrons. The molecule has 0 saturated carbocycles. The fourth-order valence-electron chi connectivity index (χ4n) is 1.65. The van der Waals surface area contributed by atoms with Crippen LogP contribution in [0.15, 0.2) is 12.2 Å². The third-order valence-corrected chi connectivity index (χ3v) is 2.71. The van der Waals surface area contributed by atoms with Crippen molar-refractivity contribution in [2.24, 2.45) is 5.73 Å². The molecule has 0 radical (unpaired) electrons. The second kappa shape index (κ2) is 5.40. The van der Waals surface area contributed by atoms with Gasteiger partial charge in [0, 0.05) is 12.6 Å². The van der Waals surface area contributed by atoms with Crippen molar-refractivity contribution in [3.8, 4) is 0 Å². The molecule has 0 aromatic carbocycles. The maximum atomic E-state index is 5.88. The molecule has 2 N–H and O–H groups in total. The standard InChI is InChI=1S/C11H21NO/c1-9(2)11(12)7-6-10-5-3-4-8-13-10/h10-11H,1,3-8,12H2,2H3. The van der Waals surface area contributed by atoms with Gasteiger partial charge in [0.25, 0.3) is 0 Å². The van der Waals surface area contributed by atoms with Crippen molar-refractivity contribution in [3.05, 3.63) is 12.2 Å². The minimum absolute atomic E-state index is 0.158. The van der Waals surface area contributed by atoms with E-state index in [1.54, 1.807) is 0 Å². The lowest BCUT2D eigenvalue weighted by Gasteiger charge is -2.23. The molecule has 13 heavy (non-hydrogen) atoms. The molecule has 2 nitrogen and oxygen atoms in total. The average Bonchev–Trinajstić information content (AvgIpc) is 2.15. The molecule has 2 atom stereocenters. The molecule has 1 heterocycles. The summed E-state index contributed by atoms with van der Waals surface area (Å²) in [4.78, 5) is 0. The quantitative estimate of drug-likeness (QED) is 0.678. The third-order valence-electron chi connectivity index (χ3n) is 2.71. The maximum Gasteiger partial charge on any atom is 0.0575 e. The molecule has 1 rings (SSSR count). The van der Waals surface area contributed by atoms with E-state index in [1.165, 1.54) is 19.3 Å². The van der Waals surface area contributed by atoms with Crippen LogP contribution in [0.1, 0.15) is 39.0 Å². The molecule has 2 heteroatoms. The number of nitrogens with two attached hydrogens (primary N) is 1. The maximum absolute atomic E-state index is 5.88. The van der Waals surface area contributed by atoms with Crippen LogP contribution in [-0.4, -0.2) is 18.8 Å². The lowest BCUT2D eigenvalue weighted by Crippen LogP contribution is -2.25. The van der Waals surface area contributed by atoms with Crippen molar-refractivity contribution in [3.63, 3.8) is 0 Å². The first-order valence-electron chi connectivity index (χ1n) is 5.22. The highest BCUT2D eigenvalue weighted by Crippen LogP contribution is 2.18. The molecule has 1 fully saturated rings. The summed E-state index contributed by atoms with van der Waals surface area (Å²) < 4.78 is 5.62. The fraction of sp³-hybridized carbons (Fsp3) is 0.818. The van der Waals surface area contributed by atoms with Crippen molar-refractivity contribution in [2.75, 3.05) is 6.61 Å². The molecule has 0 spiro atoms. The number of hydrogen-bond acceptors (Lipinski definition) is 2. The van der Waals surface area contributed by atoms with Gasteiger partial charge in [-0.25, -0.2) is 0 Å². The van der Waals surface area contributed by atoms with Crippen LogP contribution in [0, 0.1) is 0 Å². The number of hydrogen-bond donors (Lipinski definition) is 1. The van der Waals surface area contributed by atoms with E-state index in [0.717, 1.165) is 25.0 Å². The summed E-state index contributed by atoms with van der Waals surface area (Å²) in [6.07, 6.45) is 6.31. The SMILES string of the molecule is C=C(C)C(N)CCC1CCCCO1. The zero-order valence-electron chi connectivity index (χ0n) is 8.59. The van der Waals surface area contributed by atoms with Crippen molar-refractivity contribution >= 4 is 0 Å². The predicted octanol–water partition coefficient (Wildman–Crippen LogP) is 2.24. The molecular weight excluding hydrogens is 162 g/mol. The monoisotopic (exact) mass is 183 g/mol. The van der Waals surface area contributed by atoms with E-state index in [0.29, 0.717) is 6.10 Å². The van der Waals surface area contributed by atoms with Gasteiger partial charge in [-0.1, -0.05) is 12.2 Å². The van der Waals surface area contributed by atoms with E-state index < -0.39 is 0 Å². The van der Waals surface area contributed by atoms with Crippen LogP contribution in [-0.2, 0) is 4.74 Å². The second-order valence-electron chi connectivity index (χ2n) is 4.02. The third kappa shape index (κ3) is 3.92. The van der Waals surface area contributed by atoms with Crippen molar-refractivity contribution in [2.45, 2.75) is 51.2 Å². The molecule has 0 aromatic rings. The van der Waals surface area contributed by atoms with E-state index in [-0.39, 0.29) is 6.04 Å². The molecule has 1 saturated heterocycles. The molecule has 2 unspecified atom stereocenters. The summed E-state index contributed by atoms with van der Waals surface area (Å²) in [6.45, 7) is 6.78. The fourth-order valence-corrected chi connectivity index (χ4v) is 1.65. The average molecular weight is 183 g/mol.